The Kier molecular flexibility index (Phi) is 7.42. The van der Waals surface area contributed by atoms with Crippen LogP contribution in [0.3, 0.4) is 0 Å². The first-order chi connectivity index (χ1) is 18.0. The highest BCUT2D eigenvalue weighted by Gasteiger charge is 2.55. The van der Waals surface area contributed by atoms with Gasteiger partial charge in [-0.2, -0.15) is 0 Å². The molecule has 0 radical (unpaired) electrons. The Labute approximate surface area is 218 Å². The summed E-state index contributed by atoms with van der Waals surface area (Å²) in [6, 6.07) is 3.37. The summed E-state index contributed by atoms with van der Waals surface area (Å²) in [4.78, 5) is 50.7. The molecular formula is C26H29F2N7O3. The number of aryl methyl sites for hydroxylation is 2. The molecule has 38 heavy (non-hydrogen) atoms. The second-order valence-electron chi connectivity index (χ2n) is 9.32. The molecule has 0 saturated carbocycles. The smallest absolute Gasteiger partial charge is 0.325 e. The number of nitrogens with one attached hydrogen (secondary N) is 1. The number of hydrogen-bond donors (Lipinski definition) is 2. The molecule has 0 bridgehead atoms. The predicted octanol–water partition coefficient (Wildman–Crippen LogP) is 2.88. The molecule has 2 aromatic heterocycles. The van der Waals surface area contributed by atoms with E-state index < -0.39 is 47.5 Å². The molecule has 1 aliphatic rings. The van der Waals surface area contributed by atoms with Crippen molar-refractivity contribution < 1.29 is 23.2 Å². The minimum Gasteiger partial charge on any atom is -0.384 e. The fourth-order valence-corrected chi connectivity index (χ4v) is 4.77. The molecule has 10 nitrogen and oxygen atoms in total. The van der Waals surface area contributed by atoms with E-state index in [0.717, 1.165) is 23.1 Å². The van der Waals surface area contributed by atoms with Crippen LogP contribution >= 0.6 is 0 Å². The summed E-state index contributed by atoms with van der Waals surface area (Å²) < 4.78 is 29.9. The summed E-state index contributed by atoms with van der Waals surface area (Å²) in [7, 11) is 3.22. The molecule has 200 valence electrons. The van der Waals surface area contributed by atoms with Crippen molar-refractivity contribution in [3.8, 4) is 0 Å². The number of imide groups is 1. The highest BCUT2D eigenvalue weighted by Crippen LogP contribution is 2.33. The van der Waals surface area contributed by atoms with Crippen molar-refractivity contribution in [2.24, 2.45) is 13.0 Å². The van der Waals surface area contributed by atoms with Crippen LogP contribution in [-0.4, -0.2) is 50.4 Å². The van der Waals surface area contributed by atoms with Crippen molar-refractivity contribution in [1.82, 2.24) is 24.8 Å². The van der Waals surface area contributed by atoms with Crippen LogP contribution in [-0.2, 0) is 23.1 Å². The number of β-lactam (4-membered cyclic amide) rings is 1. The van der Waals surface area contributed by atoms with E-state index in [2.05, 4.69) is 15.3 Å². The molecular weight excluding hydrogens is 496 g/mol. The van der Waals surface area contributed by atoms with Gasteiger partial charge in [-0.15, -0.1) is 0 Å². The van der Waals surface area contributed by atoms with Crippen LogP contribution in [0.25, 0.3) is 0 Å². The van der Waals surface area contributed by atoms with Gasteiger partial charge in [0.1, 0.15) is 23.5 Å². The van der Waals surface area contributed by atoms with E-state index in [-0.39, 0.29) is 24.2 Å². The molecule has 3 atom stereocenters. The Morgan fingerprint density at radius 1 is 1.24 bits per heavy atom. The van der Waals surface area contributed by atoms with Gasteiger partial charge in [0.05, 0.1) is 12.0 Å². The highest BCUT2D eigenvalue weighted by molar-refractivity contribution is 6.12. The maximum absolute atomic E-state index is 14.4. The molecule has 1 aliphatic heterocycles. The van der Waals surface area contributed by atoms with E-state index in [9.17, 15) is 23.2 Å². The average Bonchev–Trinajstić information content (AvgIpc) is 3.29. The first-order valence-electron chi connectivity index (χ1n) is 12.1. The van der Waals surface area contributed by atoms with Gasteiger partial charge >= 0.3 is 6.03 Å². The Balaban J connectivity index is 1.63. The van der Waals surface area contributed by atoms with Gasteiger partial charge in [0, 0.05) is 37.7 Å². The number of nitrogens with two attached hydrogens (primary N) is 1. The number of anilines is 2. The lowest BCUT2D eigenvalue weighted by Gasteiger charge is -2.45. The van der Waals surface area contributed by atoms with Crippen LogP contribution in [0.2, 0.25) is 0 Å². The topological polar surface area (TPSA) is 126 Å². The molecule has 3 N–H and O–H groups in total. The lowest BCUT2D eigenvalue weighted by molar-refractivity contribution is -0.156. The zero-order chi connectivity index (χ0) is 27.7. The standard InChI is InChI=1S/C26H29F2N7O3/c1-5-20(17-13-16(27)6-7-19(17)28)32-26(38)35-22(24(37)34(4)25-30-8-9-33(25)3)18(23(35)36)11-15-10-14(2)31-21(29)12-15/h6-10,12-13,18,20,22H,5,11H2,1-4H3,(H2,29,31)(H,32,38)/t18-,20?,22+/m1/s1. The summed E-state index contributed by atoms with van der Waals surface area (Å²) in [5, 5.41) is 2.59. The third-order valence-electron chi connectivity index (χ3n) is 6.64. The van der Waals surface area contributed by atoms with Crippen molar-refractivity contribution in [2.75, 3.05) is 17.7 Å². The first kappa shape index (κ1) is 26.7. The summed E-state index contributed by atoms with van der Waals surface area (Å²) in [5.74, 6) is -2.71. The number of urea groups is 1. The van der Waals surface area contributed by atoms with Gasteiger partial charge < -0.3 is 15.6 Å². The molecule has 1 fully saturated rings. The van der Waals surface area contributed by atoms with Gasteiger partial charge in [-0.1, -0.05) is 6.92 Å². The van der Waals surface area contributed by atoms with Crippen LogP contribution in [0.15, 0.2) is 42.7 Å². The molecule has 3 aromatic rings. The van der Waals surface area contributed by atoms with Crippen LogP contribution in [0.4, 0.5) is 25.3 Å². The normalized spacial score (nSPS) is 17.6. The molecule has 1 saturated heterocycles. The number of nitrogen functional groups attached to an aromatic ring is 1. The van der Waals surface area contributed by atoms with E-state index in [0.29, 0.717) is 17.2 Å². The van der Waals surface area contributed by atoms with E-state index in [1.165, 1.54) is 18.1 Å². The molecule has 4 rings (SSSR count). The van der Waals surface area contributed by atoms with Crippen molar-refractivity contribution in [3.05, 3.63) is 71.2 Å². The Bertz CT molecular complexity index is 1370. The number of carbonyl (C=O) groups excluding carboxylic acids is 3. The molecule has 4 amide bonds. The molecule has 1 unspecified atom stereocenters. The number of benzene rings is 1. The minimum atomic E-state index is -1.16. The second kappa shape index (κ2) is 10.6. The van der Waals surface area contributed by atoms with Gasteiger partial charge in [0.25, 0.3) is 5.91 Å². The average molecular weight is 526 g/mol. The largest absolute Gasteiger partial charge is 0.384 e. The van der Waals surface area contributed by atoms with E-state index in [4.69, 9.17) is 5.73 Å². The molecule has 12 heteroatoms. The second-order valence-corrected chi connectivity index (χ2v) is 9.32. The van der Waals surface area contributed by atoms with Crippen molar-refractivity contribution in [2.45, 2.75) is 38.8 Å². The maximum Gasteiger partial charge on any atom is 0.325 e. The number of carbonyl (C=O) groups is 3. The lowest BCUT2D eigenvalue weighted by atomic mass is 9.81. The minimum absolute atomic E-state index is 0.0545. The molecule has 0 spiro atoms. The molecule has 1 aromatic carbocycles. The molecule has 3 heterocycles. The monoisotopic (exact) mass is 525 g/mol. The van der Waals surface area contributed by atoms with Crippen molar-refractivity contribution in [1.29, 1.82) is 0 Å². The number of aromatic nitrogens is 3. The number of hydrogen-bond acceptors (Lipinski definition) is 6. The van der Waals surface area contributed by atoms with Gasteiger partial charge in [-0.05, 0) is 55.7 Å². The Morgan fingerprint density at radius 3 is 2.61 bits per heavy atom. The van der Waals surface area contributed by atoms with Crippen LogP contribution in [0.1, 0.15) is 36.2 Å². The highest BCUT2D eigenvalue weighted by atomic mass is 19.1. The number of imidazole rings is 1. The summed E-state index contributed by atoms with van der Waals surface area (Å²) in [6.45, 7) is 3.44. The third-order valence-corrected chi connectivity index (χ3v) is 6.64. The van der Waals surface area contributed by atoms with E-state index in [1.54, 1.807) is 43.8 Å². The number of likely N-dealkylation sites (tertiary alicyclic amines) is 1. The van der Waals surface area contributed by atoms with E-state index >= 15 is 0 Å². The summed E-state index contributed by atoms with van der Waals surface area (Å²) in [6.07, 6.45) is 3.56. The zero-order valence-electron chi connectivity index (χ0n) is 21.5. The van der Waals surface area contributed by atoms with Crippen molar-refractivity contribution in [3.63, 3.8) is 0 Å². The lowest BCUT2D eigenvalue weighted by Crippen LogP contribution is -2.70. The number of nitrogens with zero attached hydrogens (tertiary/aromatic N) is 5. The van der Waals surface area contributed by atoms with Gasteiger partial charge in [0.2, 0.25) is 11.9 Å². The van der Waals surface area contributed by atoms with Gasteiger partial charge in [-0.25, -0.2) is 23.5 Å². The molecule has 0 aliphatic carbocycles. The van der Waals surface area contributed by atoms with Crippen molar-refractivity contribution >= 4 is 29.6 Å². The SMILES string of the molecule is CCC(NC(=O)N1C(=O)[C@H](Cc2cc(C)nc(N)c2)[C@H]1C(=O)N(C)c1nccn1C)c1cc(F)ccc1F. The van der Waals surface area contributed by atoms with Crippen LogP contribution in [0, 0.1) is 24.5 Å². The first-order valence-corrected chi connectivity index (χ1v) is 12.1. The zero-order valence-corrected chi connectivity index (χ0v) is 21.5. The number of pyridine rings is 1. The number of rotatable bonds is 7. The van der Waals surface area contributed by atoms with Gasteiger partial charge in [0.15, 0.2) is 0 Å². The number of amides is 4. The number of likely N-dealkylation sites (N-methyl/N-ethyl adjacent to an activating group) is 1. The predicted molar refractivity (Wildman–Crippen MR) is 136 cm³/mol. The van der Waals surface area contributed by atoms with E-state index in [1.807, 2.05) is 0 Å². The quantitative estimate of drug-likeness (QED) is 0.457. The fourth-order valence-electron chi connectivity index (χ4n) is 4.77. The maximum atomic E-state index is 14.4. The van der Waals surface area contributed by atoms with Crippen LogP contribution in [0.5, 0.6) is 0 Å². The van der Waals surface area contributed by atoms with Crippen LogP contribution < -0.4 is 16.0 Å². The fraction of sp³-hybridized carbons (Fsp3) is 0.346. The Morgan fingerprint density at radius 2 is 1.97 bits per heavy atom. The summed E-state index contributed by atoms with van der Waals surface area (Å²) in [5.41, 5.74) is 7.15. The number of halogens is 2. The third kappa shape index (κ3) is 5.06. The summed E-state index contributed by atoms with van der Waals surface area (Å²) >= 11 is 0. The van der Waals surface area contributed by atoms with Gasteiger partial charge in [-0.3, -0.25) is 19.4 Å². The Hall–Kier alpha value is -4.35.